The monoisotopic (exact) mass is 189 g/mol. The van der Waals surface area contributed by atoms with Crippen molar-refractivity contribution >= 4 is 5.97 Å². The van der Waals surface area contributed by atoms with Gasteiger partial charge < -0.3 is 15.9 Å². The molecule has 0 aliphatic rings. The van der Waals surface area contributed by atoms with Gasteiger partial charge in [-0.2, -0.15) is 0 Å². The van der Waals surface area contributed by atoms with Crippen LogP contribution in [-0.2, 0) is 4.79 Å². The minimum absolute atomic E-state index is 0.274. The van der Waals surface area contributed by atoms with Crippen molar-refractivity contribution in [3.8, 4) is 0 Å². The van der Waals surface area contributed by atoms with Gasteiger partial charge >= 0.3 is 5.97 Å². The normalized spacial score (nSPS) is 17.8. The van der Waals surface area contributed by atoms with E-state index in [9.17, 15) is 9.90 Å². The first-order valence-electron chi connectivity index (χ1n) is 4.58. The van der Waals surface area contributed by atoms with E-state index in [1.165, 1.54) is 0 Å². The smallest absolute Gasteiger partial charge is 0.306 e. The molecule has 0 radical (unpaired) electrons. The second-order valence-corrected chi connectivity index (χ2v) is 3.67. The Bertz CT molecular complexity index is 168. The van der Waals surface area contributed by atoms with Crippen LogP contribution < -0.4 is 5.73 Å². The van der Waals surface area contributed by atoms with E-state index in [-0.39, 0.29) is 6.42 Å². The van der Waals surface area contributed by atoms with E-state index in [4.69, 9.17) is 10.8 Å². The van der Waals surface area contributed by atoms with Crippen molar-refractivity contribution in [2.45, 2.75) is 38.7 Å². The van der Waals surface area contributed by atoms with Gasteiger partial charge in [-0.05, 0) is 32.7 Å². The Morgan fingerprint density at radius 2 is 2.15 bits per heavy atom. The third-order valence-electron chi connectivity index (χ3n) is 2.31. The van der Waals surface area contributed by atoms with E-state index in [0.29, 0.717) is 19.4 Å². The number of carbonyl (C=O) groups is 1. The van der Waals surface area contributed by atoms with Crippen LogP contribution >= 0.6 is 0 Å². The Morgan fingerprint density at radius 3 is 2.46 bits per heavy atom. The molecule has 4 nitrogen and oxygen atoms in total. The lowest BCUT2D eigenvalue weighted by atomic mass is 9.88. The summed E-state index contributed by atoms with van der Waals surface area (Å²) in [6.07, 6.45) is 1.25. The average Bonchev–Trinajstić information content (AvgIpc) is 2.03. The van der Waals surface area contributed by atoms with Crippen molar-refractivity contribution in [1.29, 1.82) is 0 Å². The first kappa shape index (κ1) is 12.4. The molecule has 0 aliphatic heterocycles. The predicted octanol–water partition coefficient (Wildman–Crippen LogP) is 0.587. The molecular formula is C9H19NO3. The standard InChI is InChI=1S/C9H19NO3/c1-3-9(2,13)6-7(4-5-10)8(11)12/h7,13H,3-6,10H2,1-2H3,(H,11,12). The summed E-state index contributed by atoms with van der Waals surface area (Å²) in [6.45, 7) is 3.83. The quantitative estimate of drug-likeness (QED) is 0.571. The third-order valence-corrected chi connectivity index (χ3v) is 2.31. The van der Waals surface area contributed by atoms with Crippen molar-refractivity contribution < 1.29 is 15.0 Å². The topological polar surface area (TPSA) is 83.5 Å². The van der Waals surface area contributed by atoms with Gasteiger partial charge in [0.05, 0.1) is 11.5 Å². The van der Waals surface area contributed by atoms with Crippen LogP contribution in [-0.4, -0.2) is 28.3 Å². The molecule has 0 aliphatic carbocycles. The highest BCUT2D eigenvalue weighted by molar-refractivity contribution is 5.70. The number of hydrogen-bond acceptors (Lipinski definition) is 3. The Labute approximate surface area is 78.7 Å². The van der Waals surface area contributed by atoms with E-state index in [1.807, 2.05) is 6.92 Å². The maximum Gasteiger partial charge on any atom is 0.306 e. The van der Waals surface area contributed by atoms with Crippen LogP contribution in [0.15, 0.2) is 0 Å². The Kier molecular flexibility index (Phi) is 4.95. The Morgan fingerprint density at radius 1 is 1.62 bits per heavy atom. The summed E-state index contributed by atoms with van der Waals surface area (Å²) in [5, 5.41) is 18.5. The van der Waals surface area contributed by atoms with Gasteiger partial charge in [-0.3, -0.25) is 4.79 Å². The van der Waals surface area contributed by atoms with Gasteiger partial charge in [-0.25, -0.2) is 0 Å². The van der Waals surface area contributed by atoms with E-state index in [1.54, 1.807) is 6.92 Å². The molecular weight excluding hydrogens is 170 g/mol. The number of carboxylic acid groups (broad SMARTS) is 1. The van der Waals surface area contributed by atoms with Crippen molar-refractivity contribution in [3.05, 3.63) is 0 Å². The number of carboxylic acids is 1. The number of rotatable bonds is 6. The minimum atomic E-state index is -0.891. The maximum absolute atomic E-state index is 10.7. The van der Waals surface area contributed by atoms with Crippen LogP contribution in [0.2, 0.25) is 0 Å². The molecule has 2 unspecified atom stereocenters. The molecule has 0 rings (SSSR count). The molecule has 0 aromatic carbocycles. The van der Waals surface area contributed by atoms with Crippen molar-refractivity contribution in [2.75, 3.05) is 6.54 Å². The molecule has 0 amide bonds. The highest BCUT2D eigenvalue weighted by Gasteiger charge is 2.27. The van der Waals surface area contributed by atoms with E-state index >= 15 is 0 Å². The summed E-state index contributed by atoms with van der Waals surface area (Å²) >= 11 is 0. The molecule has 0 heterocycles. The number of aliphatic hydroxyl groups is 1. The van der Waals surface area contributed by atoms with Crippen molar-refractivity contribution in [3.63, 3.8) is 0 Å². The zero-order valence-corrected chi connectivity index (χ0v) is 8.29. The van der Waals surface area contributed by atoms with Gasteiger partial charge in [-0.15, -0.1) is 0 Å². The summed E-state index contributed by atoms with van der Waals surface area (Å²) in [6, 6.07) is 0. The van der Waals surface area contributed by atoms with Crippen LogP contribution in [0.25, 0.3) is 0 Å². The molecule has 0 aromatic rings. The molecule has 0 saturated heterocycles. The Balaban J connectivity index is 4.17. The zero-order valence-electron chi connectivity index (χ0n) is 8.29. The minimum Gasteiger partial charge on any atom is -0.481 e. The maximum atomic E-state index is 10.7. The largest absolute Gasteiger partial charge is 0.481 e. The Hall–Kier alpha value is -0.610. The van der Waals surface area contributed by atoms with E-state index in [0.717, 1.165) is 0 Å². The highest BCUT2D eigenvalue weighted by atomic mass is 16.4. The lowest BCUT2D eigenvalue weighted by Gasteiger charge is -2.24. The van der Waals surface area contributed by atoms with Crippen LogP contribution in [0, 0.1) is 5.92 Å². The van der Waals surface area contributed by atoms with Crippen LogP contribution in [0.3, 0.4) is 0 Å². The zero-order chi connectivity index (χ0) is 10.5. The molecule has 0 saturated carbocycles. The molecule has 4 heteroatoms. The van der Waals surface area contributed by atoms with Crippen LogP contribution in [0.1, 0.15) is 33.1 Å². The molecule has 0 bridgehead atoms. The van der Waals surface area contributed by atoms with Crippen molar-refractivity contribution in [2.24, 2.45) is 11.7 Å². The summed E-state index contributed by atoms with van der Waals surface area (Å²) in [4.78, 5) is 10.7. The molecule has 0 aromatic heterocycles. The molecule has 0 fully saturated rings. The third kappa shape index (κ3) is 4.85. The number of aliphatic carboxylic acids is 1. The predicted molar refractivity (Wildman–Crippen MR) is 50.3 cm³/mol. The molecule has 4 N–H and O–H groups in total. The lowest BCUT2D eigenvalue weighted by Crippen LogP contribution is -2.31. The average molecular weight is 189 g/mol. The highest BCUT2D eigenvalue weighted by Crippen LogP contribution is 2.22. The fourth-order valence-corrected chi connectivity index (χ4v) is 1.19. The van der Waals surface area contributed by atoms with Gasteiger partial charge in [0, 0.05) is 0 Å². The van der Waals surface area contributed by atoms with Gasteiger partial charge in [-0.1, -0.05) is 6.92 Å². The second kappa shape index (κ2) is 5.19. The van der Waals surface area contributed by atoms with E-state index in [2.05, 4.69) is 0 Å². The number of hydrogen-bond donors (Lipinski definition) is 3. The summed E-state index contributed by atoms with van der Waals surface area (Å²) < 4.78 is 0. The van der Waals surface area contributed by atoms with Gasteiger partial charge in [0.2, 0.25) is 0 Å². The fraction of sp³-hybridized carbons (Fsp3) is 0.889. The van der Waals surface area contributed by atoms with E-state index < -0.39 is 17.5 Å². The molecule has 13 heavy (non-hydrogen) atoms. The lowest BCUT2D eigenvalue weighted by molar-refractivity contribution is -0.144. The van der Waals surface area contributed by atoms with Gasteiger partial charge in [0.15, 0.2) is 0 Å². The molecule has 78 valence electrons. The summed E-state index contributed by atoms with van der Waals surface area (Å²) in [5.74, 6) is -1.40. The van der Waals surface area contributed by atoms with Gasteiger partial charge in [0.1, 0.15) is 0 Å². The molecule has 2 atom stereocenters. The van der Waals surface area contributed by atoms with Gasteiger partial charge in [0.25, 0.3) is 0 Å². The van der Waals surface area contributed by atoms with Crippen LogP contribution in [0.5, 0.6) is 0 Å². The summed E-state index contributed by atoms with van der Waals surface area (Å²) in [7, 11) is 0. The molecule has 0 spiro atoms. The summed E-state index contributed by atoms with van der Waals surface area (Å²) in [5.41, 5.74) is 4.39. The number of nitrogens with two attached hydrogens (primary N) is 1. The first-order valence-corrected chi connectivity index (χ1v) is 4.58. The first-order chi connectivity index (χ1) is 5.93. The van der Waals surface area contributed by atoms with Crippen LogP contribution in [0.4, 0.5) is 0 Å². The SMILES string of the molecule is CCC(C)(O)CC(CCN)C(=O)O. The fourth-order valence-electron chi connectivity index (χ4n) is 1.19. The second-order valence-electron chi connectivity index (χ2n) is 3.67. The van der Waals surface area contributed by atoms with Crippen molar-refractivity contribution in [1.82, 2.24) is 0 Å².